The lowest BCUT2D eigenvalue weighted by atomic mass is 10.1. The largest absolute Gasteiger partial charge is 0.468 e. The summed E-state index contributed by atoms with van der Waals surface area (Å²) < 4.78 is 46.5. The van der Waals surface area contributed by atoms with E-state index in [2.05, 4.69) is 25.3 Å². The Morgan fingerprint density at radius 3 is 2.38 bits per heavy atom. The average Bonchev–Trinajstić information content (AvgIpc) is 3.18. The van der Waals surface area contributed by atoms with Gasteiger partial charge >= 0.3 is 6.18 Å². The van der Waals surface area contributed by atoms with Crippen molar-refractivity contribution in [1.29, 1.82) is 0 Å². The van der Waals surface area contributed by atoms with Gasteiger partial charge in [0.15, 0.2) is 5.96 Å². The standard InChI is InChI=1S/C20H27F3N4O2/c1-24-19(26-12-17(27(2)3)18-5-4-10-29-18)25-11-15-6-8-16(9-7-15)13-28-14-20(21,22)23/h4-10,17H,11-14H2,1-3H3,(H2,24,25,26). The summed E-state index contributed by atoms with van der Waals surface area (Å²) in [5.41, 5.74) is 1.66. The zero-order valence-corrected chi connectivity index (χ0v) is 16.8. The van der Waals surface area contributed by atoms with Crippen molar-refractivity contribution in [3.63, 3.8) is 0 Å². The summed E-state index contributed by atoms with van der Waals surface area (Å²) in [7, 11) is 5.64. The molecular weight excluding hydrogens is 385 g/mol. The van der Waals surface area contributed by atoms with Crippen LogP contribution in [0.4, 0.5) is 13.2 Å². The first-order valence-corrected chi connectivity index (χ1v) is 9.15. The molecule has 0 amide bonds. The Kier molecular flexibility index (Phi) is 8.53. The monoisotopic (exact) mass is 412 g/mol. The highest BCUT2D eigenvalue weighted by Gasteiger charge is 2.27. The van der Waals surface area contributed by atoms with Crippen LogP contribution in [0.5, 0.6) is 0 Å². The number of aliphatic imine (C=N–C) groups is 1. The van der Waals surface area contributed by atoms with Crippen LogP contribution >= 0.6 is 0 Å². The molecule has 1 heterocycles. The normalized spacial score (nSPS) is 13.6. The SMILES string of the molecule is CN=C(NCc1ccc(COCC(F)(F)F)cc1)NCC(c1ccco1)N(C)C. The third kappa shape index (κ3) is 8.16. The lowest BCUT2D eigenvalue weighted by Gasteiger charge is -2.23. The molecule has 0 fully saturated rings. The van der Waals surface area contributed by atoms with Crippen molar-refractivity contribution in [3.8, 4) is 0 Å². The van der Waals surface area contributed by atoms with E-state index in [1.54, 1.807) is 25.4 Å². The van der Waals surface area contributed by atoms with Crippen LogP contribution < -0.4 is 10.6 Å². The van der Waals surface area contributed by atoms with Gasteiger partial charge in [0.25, 0.3) is 0 Å². The summed E-state index contributed by atoms with van der Waals surface area (Å²) in [6.45, 7) is -0.189. The molecule has 6 nitrogen and oxygen atoms in total. The topological polar surface area (TPSA) is 62.0 Å². The van der Waals surface area contributed by atoms with E-state index in [4.69, 9.17) is 4.42 Å². The van der Waals surface area contributed by atoms with E-state index in [9.17, 15) is 13.2 Å². The van der Waals surface area contributed by atoms with Gasteiger partial charge in [-0.2, -0.15) is 13.2 Å². The van der Waals surface area contributed by atoms with E-state index >= 15 is 0 Å². The van der Waals surface area contributed by atoms with Crippen LogP contribution in [0.1, 0.15) is 22.9 Å². The molecule has 0 aliphatic rings. The highest BCUT2D eigenvalue weighted by Crippen LogP contribution is 2.17. The maximum atomic E-state index is 12.1. The van der Waals surface area contributed by atoms with E-state index in [1.807, 2.05) is 38.4 Å². The molecular formula is C20H27F3N4O2. The van der Waals surface area contributed by atoms with E-state index in [1.165, 1.54) is 0 Å². The molecule has 2 N–H and O–H groups in total. The fraction of sp³-hybridized carbons (Fsp3) is 0.450. The highest BCUT2D eigenvalue weighted by molar-refractivity contribution is 5.79. The number of hydrogen-bond acceptors (Lipinski definition) is 4. The molecule has 160 valence electrons. The van der Waals surface area contributed by atoms with Gasteiger partial charge in [0.1, 0.15) is 12.4 Å². The number of hydrogen-bond donors (Lipinski definition) is 2. The summed E-state index contributed by atoms with van der Waals surface area (Å²) in [6, 6.07) is 11.0. The Hall–Kier alpha value is -2.52. The van der Waals surface area contributed by atoms with Gasteiger partial charge in [-0.1, -0.05) is 24.3 Å². The Balaban J connectivity index is 1.80. The van der Waals surface area contributed by atoms with E-state index in [0.717, 1.165) is 11.3 Å². The number of benzene rings is 1. The van der Waals surface area contributed by atoms with Crippen LogP contribution in [0.3, 0.4) is 0 Å². The average molecular weight is 412 g/mol. The van der Waals surface area contributed by atoms with Gasteiger partial charge in [-0.15, -0.1) is 0 Å². The number of likely N-dealkylation sites (N-methyl/N-ethyl adjacent to an activating group) is 1. The first-order valence-electron chi connectivity index (χ1n) is 9.15. The zero-order valence-electron chi connectivity index (χ0n) is 16.8. The number of nitrogens with zero attached hydrogens (tertiary/aromatic N) is 2. The highest BCUT2D eigenvalue weighted by atomic mass is 19.4. The summed E-state index contributed by atoms with van der Waals surface area (Å²) in [5.74, 6) is 1.50. The molecule has 1 atom stereocenters. The summed E-state index contributed by atoms with van der Waals surface area (Å²) in [5, 5.41) is 6.49. The first-order chi connectivity index (χ1) is 13.8. The fourth-order valence-corrected chi connectivity index (χ4v) is 2.66. The summed E-state index contributed by atoms with van der Waals surface area (Å²) >= 11 is 0. The van der Waals surface area contributed by atoms with Crippen molar-refractivity contribution in [3.05, 3.63) is 59.5 Å². The lowest BCUT2D eigenvalue weighted by Crippen LogP contribution is -2.41. The molecule has 0 aliphatic heterocycles. The van der Waals surface area contributed by atoms with Gasteiger partial charge in [0.05, 0.1) is 18.9 Å². The molecule has 0 bridgehead atoms. The van der Waals surface area contributed by atoms with Crippen molar-refractivity contribution in [2.75, 3.05) is 34.3 Å². The second kappa shape index (κ2) is 10.9. The van der Waals surface area contributed by atoms with E-state index < -0.39 is 12.8 Å². The lowest BCUT2D eigenvalue weighted by molar-refractivity contribution is -0.176. The van der Waals surface area contributed by atoms with Crippen LogP contribution in [-0.2, 0) is 17.9 Å². The Morgan fingerprint density at radius 2 is 1.83 bits per heavy atom. The minimum Gasteiger partial charge on any atom is -0.468 e. The molecule has 1 aromatic heterocycles. The molecule has 2 rings (SSSR count). The molecule has 29 heavy (non-hydrogen) atoms. The van der Waals surface area contributed by atoms with Crippen molar-refractivity contribution in [1.82, 2.24) is 15.5 Å². The molecule has 0 aliphatic carbocycles. The van der Waals surface area contributed by atoms with Gasteiger partial charge in [0.2, 0.25) is 0 Å². The van der Waals surface area contributed by atoms with E-state index in [0.29, 0.717) is 24.6 Å². The molecule has 0 saturated heterocycles. The van der Waals surface area contributed by atoms with Gasteiger partial charge in [0, 0.05) is 20.1 Å². The Labute approximate surface area is 168 Å². The van der Waals surface area contributed by atoms with Gasteiger partial charge in [-0.25, -0.2) is 0 Å². The fourth-order valence-electron chi connectivity index (χ4n) is 2.66. The maximum absolute atomic E-state index is 12.1. The minimum absolute atomic E-state index is 0.0551. The quantitative estimate of drug-likeness (QED) is 0.489. The smallest absolute Gasteiger partial charge is 0.411 e. The second-order valence-corrected chi connectivity index (χ2v) is 6.73. The van der Waals surface area contributed by atoms with Crippen molar-refractivity contribution >= 4 is 5.96 Å². The number of furan rings is 1. The predicted molar refractivity (Wildman–Crippen MR) is 105 cm³/mol. The van der Waals surface area contributed by atoms with Gasteiger partial charge < -0.3 is 19.8 Å². The zero-order chi connectivity index (χ0) is 21.3. The van der Waals surface area contributed by atoms with Crippen molar-refractivity contribution in [2.45, 2.75) is 25.4 Å². The molecule has 0 radical (unpaired) electrons. The van der Waals surface area contributed by atoms with Crippen LogP contribution in [0.25, 0.3) is 0 Å². The molecule has 0 saturated carbocycles. The van der Waals surface area contributed by atoms with Crippen LogP contribution in [0.15, 0.2) is 52.1 Å². The molecule has 2 aromatic rings. The van der Waals surface area contributed by atoms with Crippen molar-refractivity contribution < 1.29 is 22.3 Å². The molecule has 0 spiro atoms. The number of ether oxygens (including phenoxy) is 1. The number of alkyl halides is 3. The first kappa shape index (κ1) is 22.8. The molecule has 9 heteroatoms. The maximum Gasteiger partial charge on any atom is 0.411 e. The summed E-state index contributed by atoms with van der Waals surface area (Å²) in [4.78, 5) is 6.27. The number of nitrogens with one attached hydrogen (secondary N) is 2. The third-order valence-corrected chi connectivity index (χ3v) is 4.20. The van der Waals surface area contributed by atoms with Gasteiger partial charge in [-0.3, -0.25) is 9.89 Å². The Bertz CT molecular complexity index is 744. The molecule has 1 aromatic carbocycles. The van der Waals surface area contributed by atoms with Crippen LogP contribution in [0, 0.1) is 0 Å². The minimum atomic E-state index is -4.31. The Morgan fingerprint density at radius 1 is 1.14 bits per heavy atom. The van der Waals surface area contributed by atoms with Gasteiger partial charge in [-0.05, 0) is 37.4 Å². The number of halogens is 3. The molecule has 1 unspecified atom stereocenters. The number of guanidine groups is 1. The predicted octanol–water partition coefficient (Wildman–Crippen LogP) is 3.33. The number of rotatable bonds is 9. The second-order valence-electron chi connectivity index (χ2n) is 6.73. The summed E-state index contributed by atoms with van der Waals surface area (Å²) in [6.07, 6.45) is -2.66. The third-order valence-electron chi connectivity index (χ3n) is 4.20. The van der Waals surface area contributed by atoms with E-state index in [-0.39, 0.29) is 12.6 Å². The van der Waals surface area contributed by atoms with Crippen molar-refractivity contribution in [2.24, 2.45) is 4.99 Å². The van der Waals surface area contributed by atoms with Crippen LogP contribution in [0.2, 0.25) is 0 Å². The van der Waals surface area contributed by atoms with Crippen LogP contribution in [-0.4, -0.2) is 51.3 Å².